The van der Waals surface area contributed by atoms with Gasteiger partial charge in [0.1, 0.15) is 5.75 Å². The number of phenols is 1. The number of aromatic hydroxyl groups is 1. The largest absolute Gasteiger partial charge is 0.508 e. The number of anilines is 1. The third-order valence-corrected chi connectivity index (χ3v) is 6.20. The van der Waals surface area contributed by atoms with Crippen molar-refractivity contribution in [1.29, 1.82) is 0 Å². The number of hydrogen-bond acceptors (Lipinski definition) is 7. The van der Waals surface area contributed by atoms with Gasteiger partial charge in [0, 0.05) is 31.4 Å². The van der Waals surface area contributed by atoms with Crippen LogP contribution in [-0.2, 0) is 23.0 Å². The molecule has 32 heavy (non-hydrogen) atoms. The van der Waals surface area contributed by atoms with Crippen molar-refractivity contribution in [2.75, 3.05) is 31.2 Å². The Bertz CT molecular complexity index is 1120. The van der Waals surface area contributed by atoms with E-state index in [4.69, 9.17) is 5.73 Å². The van der Waals surface area contributed by atoms with Gasteiger partial charge in [0.25, 0.3) is 0 Å². The molecule has 0 spiro atoms. The van der Waals surface area contributed by atoms with Crippen LogP contribution in [0.15, 0.2) is 60.8 Å². The van der Waals surface area contributed by atoms with Crippen LogP contribution < -0.4 is 11.1 Å². The zero-order valence-corrected chi connectivity index (χ0v) is 18.9. The van der Waals surface area contributed by atoms with Crippen LogP contribution in [0.5, 0.6) is 5.75 Å². The number of rotatable bonds is 11. The molecule has 0 saturated heterocycles. The average molecular weight is 456 g/mol. The summed E-state index contributed by atoms with van der Waals surface area (Å²) in [7, 11) is -3.33. The van der Waals surface area contributed by atoms with Crippen molar-refractivity contribution in [1.82, 2.24) is 14.3 Å². The van der Waals surface area contributed by atoms with Crippen LogP contribution in [0.4, 0.5) is 5.95 Å². The number of nitrogens with two attached hydrogens (primary N) is 1. The van der Waals surface area contributed by atoms with Crippen LogP contribution in [0, 0.1) is 0 Å². The smallest absolute Gasteiger partial charge is 0.223 e. The third kappa shape index (κ3) is 7.01. The Hall–Kier alpha value is -3.01. The van der Waals surface area contributed by atoms with E-state index in [1.807, 2.05) is 42.5 Å². The molecule has 0 fully saturated rings. The van der Waals surface area contributed by atoms with Crippen molar-refractivity contribution < 1.29 is 13.5 Å². The maximum absolute atomic E-state index is 12.1. The van der Waals surface area contributed by atoms with Crippen molar-refractivity contribution >= 4 is 16.0 Å². The van der Waals surface area contributed by atoms with E-state index in [0.717, 1.165) is 28.8 Å². The van der Waals surface area contributed by atoms with Gasteiger partial charge in [-0.1, -0.05) is 30.3 Å². The summed E-state index contributed by atoms with van der Waals surface area (Å²) in [5, 5.41) is 12.6. The summed E-state index contributed by atoms with van der Waals surface area (Å²) in [4.78, 5) is 8.88. The highest BCUT2D eigenvalue weighted by Crippen LogP contribution is 2.21. The van der Waals surface area contributed by atoms with Crippen molar-refractivity contribution in [3.05, 3.63) is 71.9 Å². The molecule has 1 aromatic heterocycles. The molecule has 0 unspecified atom stereocenters. The van der Waals surface area contributed by atoms with E-state index in [1.54, 1.807) is 18.3 Å². The molecule has 1 heterocycles. The van der Waals surface area contributed by atoms with E-state index in [9.17, 15) is 13.5 Å². The quantitative estimate of drug-likeness (QED) is 0.406. The topological polar surface area (TPSA) is 121 Å². The number of sulfonamides is 1. The predicted octanol–water partition coefficient (Wildman–Crippen LogP) is 2.61. The first-order valence-electron chi connectivity index (χ1n) is 10.4. The molecule has 0 aliphatic heterocycles. The SMILES string of the molecule is CS(=O)(=O)N(CCCN)Cc1cccc(-c2ccnc(NCCc3ccc(O)cc3)n2)c1. The number of benzene rings is 2. The molecule has 0 radical (unpaired) electrons. The summed E-state index contributed by atoms with van der Waals surface area (Å²) in [5.74, 6) is 0.770. The summed E-state index contributed by atoms with van der Waals surface area (Å²) < 4.78 is 25.6. The minimum Gasteiger partial charge on any atom is -0.508 e. The highest BCUT2D eigenvalue weighted by atomic mass is 32.2. The minimum atomic E-state index is -3.33. The lowest BCUT2D eigenvalue weighted by atomic mass is 10.1. The average Bonchev–Trinajstić information content (AvgIpc) is 2.78. The van der Waals surface area contributed by atoms with Crippen molar-refractivity contribution in [3.63, 3.8) is 0 Å². The van der Waals surface area contributed by atoms with Gasteiger partial charge in [0.15, 0.2) is 0 Å². The number of nitrogens with zero attached hydrogens (tertiary/aromatic N) is 3. The molecule has 0 amide bonds. The number of phenolic OH excluding ortho intramolecular Hbond substituents is 1. The fraction of sp³-hybridized carbons (Fsp3) is 0.304. The lowest BCUT2D eigenvalue weighted by molar-refractivity contribution is 0.405. The van der Waals surface area contributed by atoms with Gasteiger partial charge in [-0.15, -0.1) is 0 Å². The first-order chi connectivity index (χ1) is 15.3. The second kappa shape index (κ2) is 11.0. The van der Waals surface area contributed by atoms with Crippen LogP contribution in [-0.4, -0.2) is 53.7 Å². The van der Waals surface area contributed by atoms with E-state index in [1.165, 1.54) is 10.6 Å². The fourth-order valence-corrected chi connectivity index (χ4v) is 4.09. The summed E-state index contributed by atoms with van der Waals surface area (Å²) in [6, 6.07) is 16.6. The first kappa shape index (κ1) is 23.6. The fourth-order valence-electron chi connectivity index (χ4n) is 3.25. The zero-order chi connectivity index (χ0) is 23.0. The standard InChI is InChI=1S/C23H29N5O3S/c1-32(30,31)28(15-3-12-24)17-19-4-2-5-20(16-19)22-11-14-26-23(27-22)25-13-10-18-6-8-21(29)9-7-18/h2,4-9,11,14,16,29H,3,10,12-13,15,17,24H2,1H3,(H,25,26,27). The summed E-state index contributed by atoms with van der Waals surface area (Å²) in [5.41, 5.74) is 9.17. The second-order valence-electron chi connectivity index (χ2n) is 7.55. The number of nitrogens with one attached hydrogen (secondary N) is 1. The third-order valence-electron chi connectivity index (χ3n) is 4.95. The Labute approximate surface area is 189 Å². The molecule has 4 N–H and O–H groups in total. The second-order valence-corrected chi connectivity index (χ2v) is 9.53. The van der Waals surface area contributed by atoms with Gasteiger partial charge in [-0.2, -0.15) is 4.31 Å². The van der Waals surface area contributed by atoms with Crippen LogP contribution >= 0.6 is 0 Å². The van der Waals surface area contributed by atoms with Gasteiger partial charge < -0.3 is 16.2 Å². The molecule has 3 aromatic rings. The molecule has 8 nitrogen and oxygen atoms in total. The normalized spacial score (nSPS) is 11.6. The molecule has 0 aliphatic rings. The highest BCUT2D eigenvalue weighted by molar-refractivity contribution is 7.88. The van der Waals surface area contributed by atoms with Gasteiger partial charge in [0.05, 0.1) is 11.9 Å². The van der Waals surface area contributed by atoms with Gasteiger partial charge in [-0.3, -0.25) is 0 Å². The Morgan fingerprint density at radius 1 is 1.09 bits per heavy atom. The van der Waals surface area contributed by atoms with E-state index >= 15 is 0 Å². The predicted molar refractivity (Wildman–Crippen MR) is 127 cm³/mol. The molecule has 3 rings (SSSR count). The van der Waals surface area contributed by atoms with Crippen LogP contribution in [0.3, 0.4) is 0 Å². The van der Waals surface area contributed by atoms with Crippen LogP contribution in [0.1, 0.15) is 17.5 Å². The maximum atomic E-state index is 12.1. The molecular formula is C23H29N5O3S. The van der Waals surface area contributed by atoms with E-state index in [-0.39, 0.29) is 12.3 Å². The van der Waals surface area contributed by atoms with Gasteiger partial charge in [-0.25, -0.2) is 18.4 Å². The summed E-state index contributed by atoms with van der Waals surface area (Å²) in [6.07, 6.45) is 4.29. The highest BCUT2D eigenvalue weighted by Gasteiger charge is 2.16. The summed E-state index contributed by atoms with van der Waals surface area (Å²) in [6.45, 7) is 1.77. The van der Waals surface area contributed by atoms with Crippen LogP contribution in [0.2, 0.25) is 0 Å². The first-order valence-corrected chi connectivity index (χ1v) is 12.3. The Morgan fingerprint density at radius 2 is 1.88 bits per heavy atom. The maximum Gasteiger partial charge on any atom is 0.223 e. The van der Waals surface area contributed by atoms with Gasteiger partial charge in [0.2, 0.25) is 16.0 Å². The Balaban J connectivity index is 1.68. The van der Waals surface area contributed by atoms with E-state index < -0.39 is 10.0 Å². The molecule has 0 saturated carbocycles. The van der Waals surface area contributed by atoms with Crippen LogP contribution in [0.25, 0.3) is 11.3 Å². The molecule has 0 bridgehead atoms. The monoisotopic (exact) mass is 455 g/mol. The summed E-state index contributed by atoms with van der Waals surface area (Å²) >= 11 is 0. The Kier molecular flexibility index (Phi) is 8.15. The van der Waals surface area contributed by atoms with E-state index in [2.05, 4.69) is 15.3 Å². The number of hydrogen-bond donors (Lipinski definition) is 3. The van der Waals surface area contributed by atoms with Gasteiger partial charge >= 0.3 is 0 Å². The molecule has 2 aromatic carbocycles. The molecule has 9 heteroatoms. The molecular weight excluding hydrogens is 426 g/mol. The molecule has 170 valence electrons. The Morgan fingerprint density at radius 3 is 2.59 bits per heavy atom. The minimum absolute atomic E-state index is 0.249. The number of aromatic nitrogens is 2. The lowest BCUT2D eigenvalue weighted by Crippen LogP contribution is -2.31. The van der Waals surface area contributed by atoms with E-state index in [0.29, 0.717) is 32.0 Å². The zero-order valence-electron chi connectivity index (χ0n) is 18.1. The van der Waals surface area contributed by atoms with Gasteiger partial charge in [-0.05, 0) is 54.8 Å². The van der Waals surface area contributed by atoms with Crippen molar-refractivity contribution in [2.24, 2.45) is 5.73 Å². The molecule has 0 aliphatic carbocycles. The van der Waals surface area contributed by atoms with Crippen molar-refractivity contribution in [3.8, 4) is 17.0 Å². The van der Waals surface area contributed by atoms with Crippen molar-refractivity contribution in [2.45, 2.75) is 19.4 Å². The molecule has 0 atom stereocenters. The lowest BCUT2D eigenvalue weighted by Gasteiger charge is -2.20.